The van der Waals surface area contributed by atoms with Crippen molar-refractivity contribution >= 4 is 15.7 Å². The first-order valence-corrected chi connectivity index (χ1v) is 12.4. The van der Waals surface area contributed by atoms with E-state index in [0.29, 0.717) is 25.9 Å². The molecule has 8 heteroatoms. The van der Waals surface area contributed by atoms with Crippen LogP contribution in [0.25, 0.3) is 0 Å². The maximum Gasteiger partial charge on any atom is 0.211 e. The van der Waals surface area contributed by atoms with E-state index in [-0.39, 0.29) is 6.04 Å². The molecule has 31 heavy (non-hydrogen) atoms. The predicted octanol–water partition coefficient (Wildman–Crippen LogP) is 3.30. The quantitative estimate of drug-likeness (QED) is 0.731. The van der Waals surface area contributed by atoms with Gasteiger partial charge in [-0.15, -0.1) is 0 Å². The molecule has 3 aliphatic rings. The maximum absolute atomic E-state index is 12.0. The lowest BCUT2D eigenvalue weighted by Crippen LogP contribution is -2.59. The highest BCUT2D eigenvalue weighted by Gasteiger charge is 2.52. The lowest BCUT2D eigenvalue weighted by Gasteiger charge is -2.50. The van der Waals surface area contributed by atoms with Crippen molar-refractivity contribution in [3.63, 3.8) is 0 Å². The van der Waals surface area contributed by atoms with E-state index < -0.39 is 15.7 Å². The number of benzene rings is 2. The van der Waals surface area contributed by atoms with Gasteiger partial charge in [0, 0.05) is 37.9 Å². The second kappa shape index (κ2) is 7.24. The molecule has 1 unspecified atom stereocenters. The highest BCUT2D eigenvalue weighted by molar-refractivity contribution is 7.88. The first kappa shape index (κ1) is 20.3. The van der Waals surface area contributed by atoms with Crippen LogP contribution in [0.2, 0.25) is 0 Å². The third kappa shape index (κ3) is 3.47. The molecule has 3 aliphatic heterocycles. The Balaban J connectivity index is 1.53. The molecule has 164 valence electrons. The van der Waals surface area contributed by atoms with Crippen molar-refractivity contribution in [2.24, 2.45) is 5.10 Å². The third-order valence-electron chi connectivity index (χ3n) is 6.55. The molecule has 1 atom stereocenters. The highest BCUT2D eigenvalue weighted by Crippen LogP contribution is 2.50. The Labute approximate surface area is 183 Å². The molecule has 3 heterocycles. The molecule has 1 fully saturated rings. The van der Waals surface area contributed by atoms with Crippen molar-refractivity contribution in [3.05, 3.63) is 59.2 Å². The molecular formula is C23H27N3O4S. The van der Waals surface area contributed by atoms with Crippen molar-refractivity contribution in [1.82, 2.24) is 9.31 Å². The summed E-state index contributed by atoms with van der Waals surface area (Å²) < 4.78 is 37.5. The van der Waals surface area contributed by atoms with Gasteiger partial charge in [-0.3, -0.25) is 0 Å². The molecule has 1 spiro atoms. The Morgan fingerprint density at radius 1 is 1.13 bits per heavy atom. The number of nitrogens with zero attached hydrogens (tertiary/aromatic N) is 3. The number of ether oxygens (including phenoxy) is 2. The van der Waals surface area contributed by atoms with Crippen LogP contribution in [0.1, 0.15) is 42.0 Å². The summed E-state index contributed by atoms with van der Waals surface area (Å²) in [5.41, 5.74) is 3.76. The summed E-state index contributed by atoms with van der Waals surface area (Å²) in [5, 5.41) is 7.15. The number of methoxy groups -OCH3 is 1. The van der Waals surface area contributed by atoms with Crippen molar-refractivity contribution in [2.75, 3.05) is 26.5 Å². The Bertz CT molecular complexity index is 1140. The molecule has 7 nitrogen and oxygen atoms in total. The summed E-state index contributed by atoms with van der Waals surface area (Å²) in [4.78, 5) is 0. The molecule has 0 radical (unpaired) electrons. The van der Waals surface area contributed by atoms with Gasteiger partial charge < -0.3 is 9.47 Å². The Morgan fingerprint density at radius 3 is 2.48 bits per heavy atom. The van der Waals surface area contributed by atoms with Crippen LogP contribution in [-0.2, 0) is 10.0 Å². The average molecular weight is 442 g/mol. The van der Waals surface area contributed by atoms with Gasteiger partial charge in [0.25, 0.3) is 0 Å². The van der Waals surface area contributed by atoms with Gasteiger partial charge in [-0.2, -0.15) is 5.10 Å². The third-order valence-corrected chi connectivity index (χ3v) is 7.85. The lowest BCUT2D eigenvalue weighted by atomic mass is 9.90. The Hall–Kier alpha value is -2.58. The highest BCUT2D eigenvalue weighted by atomic mass is 32.2. The normalized spacial score (nSPS) is 22.5. The number of rotatable bonds is 3. The van der Waals surface area contributed by atoms with E-state index in [0.717, 1.165) is 34.8 Å². The van der Waals surface area contributed by atoms with Crippen LogP contribution in [-0.4, -0.2) is 55.6 Å². The number of sulfonamides is 1. The number of piperidine rings is 1. The predicted molar refractivity (Wildman–Crippen MR) is 119 cm³/mol. The van der Waals surface area contributed by atoms with E-state index in [1.165, 1.54) is 16.1 Å². The van der Waals surface area contributed by atoms with Gasteiger partial charge in [0.05, 0.1) is 25.1 Å². The summed E-state index contributed by atoms with van der Waals surface area (Å²) in [6.07, 6.45) is 3.19. The van der Waals surface area contributed by atoms with Crippen LogP contribution in [0.5, 0.6) is 11.5 Å². The number of hydrogen-bond acceptors (Lipinski definition) is 6. The van der Waals surface area contributed by atoms with Crippen LogP contribution in [0.3, 0.4) is 0 Å². The molecule has 0 bridgehead atoms. The Kier molecular flexibility index (Phi) is 4.75. The van der Waals surface area contributed by atoms with Gasteiger partial charge in [0.1, 0.15) is 11.5 Å². The number of hydrogen-bond donors (Lipinski definition) is 0. The summed E-state index contributed by atoms with van der Waals surface area (Å²) in [5.74, 6) is 1.69. The monoisotopic (exact) mass is 441 g/mol. The smallest absolute Gasteiger partial charge is 0.211 e. The topological polar surface area (TPSA) is 71.4 Å². The van der Waals surface area contributed by atoms with E-state index in [1.54, 1.807) is 7.11 Å². The minimum Gasteiger partial charge on any atom is -0.497 e. The molecule has 0 N–H and O–H groups in total. The zero-order valence-electron chi connectivity index (χ0n) is 18.0. The first-order valence-electron chi connectivity index (χ1n) is 10.5. The largest absolute Gasteiger partial charge is 0.497 e. The van der Waals surface area contributed by atoms with Gasteiger partial charge in [0.2, 0.25) is 15.7 Å². The molecule has 1 saturated heterocycles. The van der Waals surface area contributed by atoms with E-state index in [1.807, 2.05) is 30.3 Å². The zero-order chi connectivity index (χ0) is 21.8. The van der Waals surface area contributed by atoms with Crippen LogP contribution in [0, 0.1) is 6.92 Å². The average Bonchev–Trinajstić information content (AvgIpc) is 3.21. The van der Waals surface area contributed by atoms with Crippen molar-refractivity contribution in [2.45, 2.75) is 38.0 Å². The van der Waals surface area contributed by atoms with Gasteiger partial charge in [-0.1, -0.05) is 17.7 Å². The van der Waals surface area contributed by atoms with Gasteiger partial charge in [-0.25, -0.2) is 17.7 Å². The number of hydrazone groups is 1. The Morgan fingerprint density at radius 2 is 1.84 bits per heavy atom. The summed E-state index contributed by atoms with van der Waals surface area (Å²) >= 11 is 0. The van der Waals surface area contributed by atoms with Crippen molar-refractivity contribution < 1.29 is 17.9 Å². The molecule has 5 rings (SSSR count). The first-order chi connectivity index (χ1) is 14.8. The fourth-order valence-corrected chi connectivity index (χ4v) is 5.70. The number of fused-ring (bicyclic) bond motifs is 4. The maximum atomic E-state index is 12.0. The fourth-order valence-electron chi connectivity index (χ4n) is 4.86. The summed E-state index contributed by atoms with van der Waals surface area (Å²) in [6.45, 7) is 2.94. The van der Waals surface area contributed by atoms with Crippen LogP contribution >= 0.6 is 0 Å². The molecule has 0 saturated carbocycles. The molecule has 0 amide bonds. The summed E-state index contributed by atoms with van der Waals surface area (Å²) in [6, 6.07) is 14.3. The van der Waals surface area contributed by atoms with Crippen LogP contribution < -0.4 is 9.47 Å². The SMILES string of the molecule is COc1ccc(C2=NN3C(C2)c2cc(C)ccc2OC32CCN(S(C)(=O)=O)CC2)cc1. The molecule has 0 aliphatic carbocycles. The minimum atomic E-state index is -3.22. The second-order valence-corrected chi connectivity index (χ2v) is 10.6. The van der Waals surface area contributed by atoms with E-state index >= 15 is 0 Å². The second-order valence-electron chi connectivity index (χ2n) is 8.59. The molecule has 2 aromatic rings. The van der Waals surface area contributed by atoms with Gasteiger partial charge in [0.15, 0.2) is 0 Å². The van der Waals surface area contributed by atoms with Gasteiger partial charge in [-0.05, 0) is 42.8 Å². The molecule has 0 aromatic heterocycles. The molecule has 2 aromatic carbocycles. The van der Waals surface area contributed by atoms with Crippen LogP contribution in [0.4, 0.5) is 0 Å². The number of aryl methyl sites for hydroxylation is 1. The summed E-state index contributed by atoms with van der Waals surface area (Å²) in [7, 11) is -1.56. The van der Waals surface area contributed by atoms with Gasteiger partial charge >= 0.3 is 0 Å². The van der Waals surface area contributed by atoms with E-state index in [2.05, 4.69) is 24.1 Å². The fraction of sp³-hybridized carbons (Fsp3) is 0.435. The van der Waals surface area contributed by atoms with Crippen molar-refractivity contribution in [1.29, 1.82) is 0 Å². The zero-order valence-corrected chi connectivity index (χ0v) is 18.9. The van der Waals surface area contributed by atoms with E-state index in [4.69, 9.17) is 14.6 Å². The lowest BCUT2D eigenvalue weighted by molar-refractivity contribution is -0.143. The van der Waals surface area contributed by atoms with Crippen molar-refractivity contribution in [3.8, 4) is 11.5 Å². The van der Waals surface area contributed by atoms with E-state index in [9.17, 15) is 8.42 Å². The van der Waals surface area contributed by atoms with Crippen LogP contribution in [0.15, 0.2) is 47.6 Å². The minimum absolute atomic E-state index is 0.0746. The standard InChI is InChI=1S/C23H27N3O4S/c1-16-4-9-22-19(14-16)21-15-20(17-5-7-18(29-2)8-6-17)24-26(21)23(30-22)10-12-25(13-11-23)31(3,27)28/h4-9,14,21H,10-13,15H2,1-3H3. The molecular weight excluding hydrogens is 414 g/mol.